The first-order chi connectivity index (χ1) is 5.58. The maximum Gasteiger partial charge on any atom is 0.206 e. The van der Waals surface area contributed by atoms with Crippen molar-refractivity contribution in [3.05, 3.63) is 28.7 Å². The number of halogens is 1. The second kappa shape index (κ2) is 3.87. The predicted octanol–water partition coefficient (Wildman–Crippen LogP) is 1.16. The lowest BCUT2D eigenvalue weighted by atomic mass is 10.4. The normalized spacial score (nSPS) is 11.9. The fourth-order valence-corrected chi connectivity index (χ4v) is 4.81. The summed E-state index contributed by atoms with van der Waals surface area (Å²) in [6.07, 6.45) is 0. The zero-order chi connectivity index (χ0) is 9.19. The van der Waals surface area contributed by atoms with E-state index in [4.69, 9.17) is 4.12 Å². The Kier molecular flexibility index (Phi) is 3.28. The van der Waals surface area contributed by atoms with E-state index in [0.29, 0.717) is 0 Å². The number of hydrogen-bond acceptors (Lipinski definition) is 1. The molecule has 0 N–H and O–H groups in total. The largest absolute Gasteiger partial charge is 0.460 e. The fraction of sp³-hybridized carbons (Fsp3) is 0.250. The maximum atomic E-state index is 5.65. The molecule has 0 fully saturated rings. The second-order valence-electron chi connectivity index (χ2n) is 3.19. The van der Waals surface area contributed by atoms with Crippen LogP contribution in [0.15, 0.2) is 28.7 Å². The van der Waals surface area contributed by atoms with E-state index >= 15 is 0 Å². The van der Waals surface area contributed by atoms with Gasteiger partial charge in [0, 0.05) is 4.47 Å². The molecule has 0 unspecified atom stereocenters. The van der Waals surface area contributed by atoms with Crippen molar-refractivity contribution in [3.8, 4) is 0 Å². The van der Waals surface area contributed by atoms with Crippen LogP contribution in [-0.2, 0) is 4.12 Å². The third-order valence-corrected chi connectivity index (χ3v) is 8.91. The Morgan fingerprint density at radius 3 is 2.42 bits per heavy atom. The zero-order valence-corrected chi connectivity index (χ0v) is 12.2. The third-order valence-electron chi connectivity index (χ3n) is 2.03. The van der Waals surface area contributed by atoms with Gasteiger partial charge in [-0.25, -0.2) is 0 Å². The van der Waals surface area contributed by atoms with Crippen molar-refractivity contribution < 1.29 is 4.12 Å². The first-order valence-corrected chi connectivity index (χ1v) is 8.40. The highest BCUT2D eigenvalue weighted by atomic mass is 79.9. The van der Waals surface area contributed by atoms with Crippen LogP contribution < -0.4 is 5.19 Å². The second-order valence-corrected chi connectivity index (χ2v) is 9.24. The minimum Gasteiger partial charge on any atom is -0.460 e. The smallest absolute Gasteiger partial charge is 0.206 e. The van der Waals surface area contributed by atoms with Crippen LogP contribution in [0.4, 0.5) is 0 Å². The van der Waals surface area contributed by atoms with Gasteiger partial charge in [0.05, 0.1) is 0 Å². The molecule has 0 saturated carbocycles. The Morgan fingerprint density at radius 1 is 1.33 bits per heavy atom. The molecule has 0 bridgehead atoms. The lowest BCUT2D eigenvalue weighted by Crippen LogP contribution is -2.44. The van der Waals surface area contributed by atoms with Crippen LogP contribution in [0.1, 0.15) is 0 Å². The van der Waals surface area contributed by atoms with Crippen molar-refractivity contribution in [1.29, 1.82) is 0 Å². The molecule has 0 aliphatic heterocycles. The van der Waals surface area contributed by atoms with Crippen LogP contribution in [0.5, 0.6) is 0 Å². The molecular formula is C8H13BrOSi2. The maximum absolute atomic E-state index is 5.65. The molecule has 0 amide bonds. The molecular weight excluding hydrogens is 248 g/mol. The minimum absolute atomic E-state index is 0.821. The molecule has 1 nitrogen and oxygen atoms in total. The van der Waals surface area contributed by atoms with E-state index in [1.165, 1.54) is 9.66 Å². The highest BCUT2D eigenvalue weighted by Crippen LogP contribution is 2.12. The van der Waals surface area contributed by atoms with Gasteiger partial charge in [0.15, 0.2) is 0 Å². The SMILES string of the molecule is C[Si](C)(O[SiH3])c1ccccc1Br. The van der Waals surface area contributed by atoms with Crippen molar-refractivity contribution in [2.45, 2.75) is 13.1 Å². The van der Waals surface area contributed by atoms with Crippen LogP contribution in [0, 0.1) is 0 Å². The van der Waals surface area contributed by atoms with Crippen LogP contribution >= 0.6 is 15.9 Å². The quantitative estimate of drug-likeness (QED) is 0.726. The van der Waals surface area contributed by atoms with E-state index in [1.54, 1.807) is 0 Å². The summed E-state index contributed by atoms with van der Waals surface area (Å²) in [7, 11) is -0.762. The standard InChI is InChI=1S/C8H13BrOSi2/c1-12(2,10-11)8-6-4-3-5-7(8)9/h3-6H,1-2,11H3. The number of hydrogen-bond donors (Lipinski definition) is 0. The minimum atomic E-state index is -1.58. The molecule has 0 heterocycles. The third kappa shape index (κ3) is 2.07. The Labute approximate surface area is 85.9 Å². The average Bonchev–Trinajstić information content (AvgIpc) is 2.05. The monoisotopic (exact) mass is 260 g/mol. The summed E-state index contributed by atoms with van der Waals surface area (Å²) in [5.74, 6) is 0. The van der Waals surface area contributed by atoms with Gasteiger partial charge in [0.25, 0.3) is 0 Å². The lowest BCUT2D eigenvalue weighted by Gasteiger charge is -2.22. The van der Waals surface area contributed by atoms with Crippen LogP contribution in [0.2, 0.25) is 13.1 Å². The molecule has 0 aliphatic rings. The van der Waals surface area contributed by atoms with Crippen molar-refractivity contribution in [3.63, 3.8) is 0 Å². The van der Waals surface area contributed by atoms with Crippen molar-refractivity contribution in [2.24, 2.45) is 0 Å². The Morgan fingerprint density at radius 2 is 1.92 bits per heavy atom. The lowest BCUT2D eigenvalue weighted by molar-refractivity contribution is 0.628. The summed E-state index contributed by atoms with van der Waals surface area (Å²) in [5.41, 5.74) is 0. The molecule has 0 saturated heterocycles. The molecule has 0 aromatic heterocycles. The van der Waals surface area contributed by atoms with Crippen LogP contribution in [0.25, 0.3) is 0 Å². The summed E-state index contributed by atoms with van der Waals surface area (Å²) >= 11 is 3.54. The van der Waals surface area contributed by atoms with Crippen LogP contribution in [-0.4, -0.2) is 18.8 Å². The molecule has 0 aliphatic carbocycles. The molecule has 1 aromatic rings. The van der Waals surface area contributed by atoms with Gasteiger partial charge in [-0.2, -0.15) is 0 Å². The molecule has 12 heavy (non-hydrogen) atoms. The Balaban J connectivity index is 3.10. The van der Waals surface area contributed by atoms with E-state index in [1.807, 2.05) is 6.07 Å². The van der Waals surface area contributed by atoms with Crippen LogP contribution in [0.3, 0.4) is 0 Å². The molecule has 0 spiro atoms. The summed E-state index contributed by atoms with van der Waals surface area (Å²) in [6.45, 7) is 4.44. The van der Waals surface area contributed by atoms with E-state index in [0.717, 1.165) is 10.5 Å². The summed E-state index contributed by atoms with van der Waals surface area (Å²) in [4.78, 5) is 0. The van der Waals surface area contributed by atoms with Gasteiger partial charge in [-0.3, -0.25) is 0 Å². The first kappa shape index (κ1) is 10.2. The predicted molar refractivity (Wildman–Crippen MR) is 62.3 cm³/mol. The van der Waals surface area contributed by atoms with E-state index < -0.39 is 8.32 Å². The van der Waals surface area contributed by atoms with Crippen molar-refractivity contribution in [1.82, 2.24) is 0 Å². The first-order valence-electron chi connectivity index (χ1n) is 3.88. The molecule has 0 atom stereocenters. The molecule has 1 rings (SSSR count). The van der Waals surface area contributed by atoms with Crippen molar-refractivity contribution in [2.75, 3.05) is 0 Å². The zero-order valence-electron chi connectivity index (χ0n) is 7.60. The molecule has 0 radical (unpaired) electrons. The van der Waals surface area contributed by atoms with Gasteiger partial charge in [-0.1, -0.05) is 34.1 Å². The molecule has 1 aromatic carbocycles. The van der Waals surface area contributed by atoms with E-state index in [2.05, 4.69) is 47.2 Å². The fourth-order valence-electron chi connectivity index (χ4n) is 1.06. The Bertz CT molecular complexity index is 276. The van der Waals surface area contributed by atoms with Gasteiger partial charge >= 0.3 is 0 Å². The summed E-state index contributed by atoms with van der Waals surface area (Å²) in [6, 6.07) is 8.32. The topological polar surface area (TPSA) is 9.23 Å². The van der Waals surface area contributed by atoms with Gasteiger partial charge in [0.2, 0.25) is 8.32 Å². The number of benzene rings is 1. The summed E-state index contributed by atoms with van der Waals surface area (Å²) < 4.78 is 6.83. The van der Waals surface area contributed by atoms with Gasteiger partial charge in [0.1, 0.15) is 10.5 Å². The Hall–Kier alpha value is 0.0938. The highest BCUT2D eigenvalue weighted by Gasteiger charge is 2.24. The number of rotatable bonds is 2. The highest BCUT2D eigenvalue weighted by molar-refractivity contribution is 9.10. The van der Waals surface area contributed by atoms with Gasteiger partial charge in [-0.15, -0.1) is 0 Å². The summed E-state index contributed by atoms with van der Waals surface area (Å²) in [5, 5.41) is 1.35. The van der Waals surface area contributed by atoms with E-state index in [9.17, 15) is 0 Å². The average molecular weight is 261 g/mol. The van der Waals surface area contributed by atoms with Gasteiger partial charge in [-0.05, 0) is 24.3 Å². The molecule has 66 valence electrons. The van der Waals surface area contributed by atoms with Crippen molar-refractivity contribution >= 4 is 39.9 Å². The van der Waals surface area contributed by atoms with Gasteiger partial charge < -0.3 is 4.12 Å². The molecule has 4 heteroatoms. The van der Waals surface area contributed by atoms with E-state index in [-0.39, 0.29) is 0 Å².